The highest BCUT2D eigenvalue weighted by atomic mass is 16.5. The normalized spacial score (nSPS) is 17.1. The molecule has 1 aromatic rings. The molecule has 4 nitrogen and oxygen atoms in total. The van der Waals surface area contributed by atoms with Gasteiger partial charge in [0.15, 0.2) is 0 Å². The highest BCUT2D eigenvalue weighted by molar-refractivity contribution is 5.89. The van der Waals surface area contributed by atoms with Gasteiger partial charge in [-0.2, -0.15) is 0 Å². The maximum atomic E-state index is 12.1. The Kier molecular flexibility index (Phi) is 3.05. The lowest BCUT2D eigenvalue weighted by molar-refractivity contribution is 0.0597. The van der Waals surface area contributed by atoms with E-state index in [1.165, 1.54) is 7.11 Å². The number of esters is 1. The molecule has 18 heavy (non-hydrogen) atoms. The van der Waals surface area contributed by atoms with Crippen LogP contribution >= 0.6 is 0 Å². The van der Waals surface area contributed by atoms with Gasteiger partial charge in [-0.05, 0) is 36.3 Å². The van der Waals surface area contributed by atoms with Gasteiger partial charge >= 0.3 is 5.97 Å². The van der Waals surface area contributed by atoms with Gasteiger partial charge in [0.1, 0.15) is 5.56 Å². The second-order valence-corrected chi connectivity index (χ2v) is 5.73. The zero-order chi connectivity index (χ0) is 13.5. The minimum absolute atomic E-state index is 0.136. The fraction of sp³-hybridized carbons (Fsp3) is 0.571. The fourth-order valence-electron chi connectivity index (χ4n) is 2.64. The lowest BCUT2D eigenvalue weighted by Crippen LogP contribution is -2.33. The summed E-state index contributed by atoms with van der Waals surface area (Å²) in [6, 6.07) is 1.71. The Morgan fingerprint density at radius 1 is 1.44 bits per heavy atom. The third-order valence-corrected chi connectivity index (χ3v) is 3.74. The summed E-state index contributed by atoms with van der Waals surface area (Å²) in [5, 5.41) is 0. The van der Waals surface area contributed by atoms with Crippen molar-refractivity contribution in [1.82, 2.24) is 4.57 Å². The van der Waals surface area contributed by atoms with Gasteiger partial charge < -0.3 is 9.30 Å². The molecule has 0 aliphatic heterocycles. The average Bonchev–Trinajstić information content (AvgIpc) is 2.31. The maximum absolute atomic E-state index is 12.1. The van der Waals surface area contributed by atoms with Crippen molar-refractivity contribution in [2.75, 3.05) is 7.11 Å². The van der Waals surface area contributed by atoms with Gasteiger partial charge in [0.25, 0.3) is 5.56 Å². The van der Waals surface area contributed by atoms with Crippen LogP contribution in [0.4, 0.5) is 0 Å². The van der Waals surface area contributed by atoms with Crippen molar-refractivity contribution in [3.05, 3.63) is 33.2 Å². The van der Waals surface area contributed by atoms with E-state index in [0.717, 1.165) is 30.5 Å². The van der Waals surface area contributed by atoms with Gasteiger partial charge in [-0.1, -0.05) is 13.8 Å². The van der Waals surface area contributed by atoms with Crippen LogP contribution < -0.4 is 5.56 Å². The number of carbonyl (C=O) groups is 1. The Morgan fingerprint density at radius 2 is 2.11 bits per heavy atom. The second-order valence-electron chi connectivity index (χ2n) is 5.73. The van der Waals surface area contributed by atoms with Gasteiger partial charge in [-0.25, -0.2) is 4.79 Å². The first kappa shape index (κ1) is 12.9. The second kappa shape index (κ2) is 4.26. The predicted octanol–water partition coefficient (Wildman–Crippen LogP) is 1.69. The molecule has 0 bridgehead atoms. The molecule has 0 amide bonds. The molecule has 98 valence electrons. The molecule has 1 aliphatic carbocycles. The van der Waals surface area contributed by atoms with E-state index >= 15 is 0 Å². The van der Waals surface area contributed by atoms with Crippen LogP contribution in [0.2, 0.25) is 0 Å². The first-order valence-electron chi connectivity index (χ1n) is 6.16. The zero-order valence-corrected chi connectivity index (χ0v) is 11.4. The van der Waals surface area contributed by atoms with Crippen molar-refractivity contribution >= 4 is 5.97 Å². The van der Waals surface area contributed by atoms with Gasteiger partial charge in [-0.3, -0.25) is 4.79 Å². The van der Waals surface area contributed by atoms with Gasteiger partial charge in [0, 0.05) is 12.7 Å². The van der Waals surface area contributed by atoms with Crippen molar-refractivity contribution in [3.8, 4) is 0 Å². The minimum atomic E-state index is -0.554. The molecule has 0 fully saturated rings. The van der Waals surface area contributed by atoms with Crippen LogP contribution in [0.25, 0.3) is 0 Å². The standard InChI is InChI=1S/C14H19NO3/c1-14(2)6-5-11-9(8-14)7-10(13(17)18-4)12(16)15(11)3/h7H,5-6,8H2,1-4H3. The van der Waals surface area contributed by atoms with E-state index in [1.54, 1.807) is 17.7 Å². The van der Waals surface area contributed by atoms with E-state index in [9.17, 15) is 9.59 Å². The van der Waals surface area contributed by atoms with Crippen LogP contribution in [0.5, 0.6) is 0 Å². The topological polar surface area (TPSA) is 48.3 Å². The number of pyridine rings is 1. The molecule has 0 unspecified atom stereocenters. The summed E-state index contributed by atoms with van der Waals surface area (Å²) >= 11 is 0. The summed E-state index contributed by atoms with van der Waals surface area (Å²) in [5.41, 5.74) is 2.23. The minimum Gasteiger partial charge on any atom is -0.465 e. The molecule has 0 saturated carbocycles. The summed E-state index contributed by atoms with van der Waals surface area (Å²) < 4.78 is 6.26. The Bertz CT molecular complexity index is 555. The number of methoxy groups -OCH3 is 1. The molecular weight excluding hydrogens is 230 g/mol. The Hall–Kier alpha value is -1.58. The van der Waals surface area contributed by atoms with Crippen molar-refractivity contribution in [3.63, 3.8) is 0 Å². The van der Waals surface area contributed by atoms with Crippen molar-refractivity contribution in [1.29, 1.82) is 0 Å². The van der Waals surface area contributed by atoms with E-state index in [-0.39, 0.29) is 16.5 Å². The average molecular weight is 249 g/mol. The molecule has 0 spiro atoms. The smallest absolute Gasteiger partial charge is 0.343 e. The van der Waals surface area contributed by atoms with Gasteiger partial charge in [0.05, 0.1) is 7.11 Å². The fourth-order valence-corrected chi connectivity index (χ4v) is 2.64. The SMILES string of the molecule is COC(=O)c1cc2c(n(C)c1=O)CCC(C)(C)C2. The molecule has 1 heterocycles. The largest absolute Gasteiger partial charge is 0.465 e. The predicted molar refractivity (Wildman–Crippen MR) is 68.8 cm³/mol. The number of rotatable bonds is 1. The third kappa shape index (κ3) is 2.07. The lowest BCUT2D eigenvalue weighted by Gasteiger charge is -2.32. The highest BCUT2D eigenvalue weighted by Gasteiger charge is 2.28. The van der Waals surface area contributed by atoms with Crippen LogP contribution in [-0.4, -0.2) is 17.6 Å². The first-order chi connectivity index (χ1) is 8.35. The maximum Gasteiger partial charge on any atom is 0.343 e. The van der Waals surface area contributed by atoms with E-state index in [1.807, 2.05) is 0 Å². The Labute approximate surface area is 107 Å². The van der Waals surface area contributed by atoms with Crippen LogP contribution in [-0.2, 0) is 24.6 Å². The number of hydrogen-bond acceptors (Lipinski definition) is 3. The summed E-state index contributed by atoms with van der Waals surface area (Å²) in [5.74, 6) is -0.554. The molecule has 0 radical (unpaired) electrons. The summed E-state index contributed by atoms with van der Waals surface area (Å²) in [4.78, 5) is 23.7. The lowest BCUT2D eigenvalue weighted by atomic mass is 9.75. The molecule has 0 atom stereocenters. The molecule has 4 heteroatoms. The molecular formula is C14H19NO3. The molecule has 0 aromatic carbocycles. The first-order valence-corrected chi connectivity index (χ1v) is 6.16. The zero-order valence-electron chi connectivity index (χ0n) is 11.4. The molecule has 1 aliphatic rings. The summed E-state index contributed by atoms with van der Waals surface area (Å²) in [6.45, 7) is 4.41. The monoisotopic (exact) mass is 249 g/mol. The number of ether oxygens (including phenoxy) is 1. The molecule has 0 saturated heterocycles. The van der Waals surface area contributed by atoms with E-state index in [0.29, 0.717) is 0 Å². The van der Waals surface area contributed by atoms with E-state index in [4.69, 9.17) is 0 Å². The van der Waals surface area contributed by atoms with Crippen LogP contribution in [0, 0.1) is 5.41 Å². The number of carbonyl (C=O) groups excluding carboxylic acids is 1. The molecule has 1 aromatic heterocycles. The quantitative estimate of drug-likeness (QED) is 0.712. The van der Waals surface area contributed by atoms with Gasteiger partial charge in [-0.15, -0.1) is 0 Å². The van der Waals surface area contributed by atoms with Gasteiger partial charge in [0.2, 0.25) is 0 Å². The number of hydrogen-bond donors (Lipinski definition) is 0. The number of aromatic nitrogens is 1. The van der Waals surface area contributed by atoms with E-state index < -0.39 is 5.97 Å². The Balaban J connectivity index is 2.59. The molecule has 0 N–H and O–H groups in total. The molecule has 2 rings (SSSR count). The van der Waals surface area contributed by atoms with E-state index in [2.05, 4.69) is 18.6 Å². The number of nitrogens with zero attached hydrogens (tertiary/aromatic N) is 1. The third-order valence-electron chi connectivity index (χ3n) is 3.74. The van der Waals surface area contributed by atoms with Crippen LogP contribution in [0.1, 0.15) is 41.9 Å². The summed E-state index contributed by atoms with van der Waals surface area (Å²) in [7, 11) is 3.02. The van der Waals surface area contributed by atoms with Crippen molar-refractivity contribution < 1.29 is 9.53 Å². The van der Waals surface area contributed by atoms with Crippen LogP contribution in [0.15, 0.2) is 10.9 Å². The van der Waals surface area contributed by atoms with Crippen molar-refractivity contribution in [2.45, 2.75) is 33.1 Å². The Morgan fingerprint density at radius 3 is 2.72 bits per heavy atom. The summed E-state index contributed by atoms with van der Waals surface area (Å²) in [6.07, 6.45) is 2.83. The van der Waals surface area contributed by atoms with Crippen molar-refractivity contribution in [2.24, 2.45) is 12.5 Å². The highest BCUT2D eigenvalue weighted by Crippen LogP contribution is 2.34. The van der Waals surface area contributed by atoms with Crippen LogP contribution in [0.3, 0.4) is 0 Å². The number of fused-ring (bicyclic) bond motifs is 1.